The topological polar surface area (TPSA) is 62.5 Å². The fourth-order valence-corrected chi connectivity index (χ4v) is 3.14. The van der Waals surface area contributed by atoms with Gasteiger partial charge in [-0.1, -0.05) is 47.0 Å². The molecule has 1 fully saturated rings. The lowest BCUT2D eigenvalue weighted by Gasteiger charge is -2.29. The second-order valence-corrected chi connectivity index (χ2v) is 7.97. The predicted molar refractivity (Wildman–Crippen MR) is 99.1 cm³/mol. The molecule has 0 bridgehead atoms. The normalized spacial score (nSPS) is 22.5. The number of hydrogen-bond donors (Lipinski definition) is 2. The highest BCUT2D eigenvalue weighted by Gasteiger charge is 2.21. The highest BCUT2D eigenvalue weighted by atomic mass is 16.4. The highest BCUT2D eigenvalue weighted by Crippen LogP contribution is 2.28. The molecule has 1 aromatic rings. The Bertz CT molecular complexity index is 530. The van der Waals surface area contributed by atoms with Crippen molar-refractivity contribution >= 4 is 5.96 Å². The van der Waals surface area contributed by atoms with Crippen LogP contribution < -0.4 is 10.6 Å². The summed E-state index contributed by atoms with van der Waals surface area (Å²) >= 11 is 0. The van der Waals surface area contributed by atoms with Crippen LogP contribution in [0.4, 0.5) is 0 Å². The minimum absolute atomic E-state index is 0.0190. The Kier molecular flexibility index (Phi) is 6.69. The van der Waals surface area contributed by atoms with Crippen molar-refractivity contribution in [3.63, 3.8) is 0 Å². The second kappa shape index (κ2) is 8.54. The first-order valence-corrected chi connectivity index (χ1v) is 9.37. The summed E-state index contributed by atoms with van der Waals surface area (Å²) in [6.45, 7) is 13.1. The molecule has 1 saturated carbocycles. The lowest BCUT2D eigenvalue weighted by atomic mass is 9.80. The summed E-state index contributed by atoms with van der Waals surface area (Å²) in [5.41, 5.74) is -0.0190. The average Bonchev–Trinajstić information content (AvgIpc) is 3.00. The Hall–Kier alpha value is -1.52. The van der Waals surface area contributed by atoms with Gasteiger partial charge in [0, 0.05) is 18.5 Å². The van der Waals surface area contributed by atoms with Crippen LogP contribution in [-0.2, 0) is 12.0 Å². The van der Waals surface area contributed by atoms with Gasteiger partial charge in [0.25, 0.3) is 0 Å². The minimum atomic E-state index is -0.0190. The summed E-state index contributed by atoms with van der Waals surface area (Å²) in [5.74, 6) is 3.97. The summed E-state index contributed by atoms with van der Waals surface area (Å²) in [5, 5.41) is 6.81. The molecule has 1 aliphatic carbocycles. The Balaban J connectivity index is 1.91. The molecule has 2 N–H and O–H groups in total. The molecule has 2 unspecified atom stereocenters. The van der Waals surface area contributed by atoms with Crippen LogP contribution in [0.2, 0.25) is 0 Å². The number of nitrogens with zero attached hydrogens (tertiary/aromatic N) is 2. The largest absolute Gasteiger partial charge is 0.443 e. The standard InChI is InChI=1S/C19H34N4O/c1-6-20-18(22-11-15-10-8-7-9-14(15)2)23-13-17-21-12-16(24-17)19(3,4)5/h12,14-15H,6-11,13H2,1-5H3,(H2,20,22,23). The molecule has 1 heterocycles. The maximum atomic E-state index is 5.81. The van der Waals surface area contributed by atoms with E-state index in [0.717, 1.165) is 36.6 Å². The third kappa shape index (κ3) is 5.53. The summed E-state index contributed by atoms with van der Waals surface area (Å²) in [6.07, 6.45) is 7.23. The van der Waals surface area contributed by atoms with E-state index in [2.05, 4.69) is 55.2 Å². The number of guanidine groups is 1. The maximum Gasteiger partial charge on any atom is 0.216 e. The number of nitrogens with one attached hydrogen (secondary N) is 2. The van der Waals surface area contributed by atoms with Gasteiger partial charge in [0.2, 0.25) is 5.89 Å². The molecule has 0 saturated heterocycles. The smallest absolute Gasteiger partial charge is 0.216 e. The molecule has 5 nitrogen and oxygen atoms in total. The van der Waals surface area contributed by atoms with Gasteiger partial charge in [-0.05, 0) is 25.2 Å². The van der Waals surface area contributed by atoms with Crippen LogP contribution in [0.3, 0.4) is 0 Å². The number of aliphatic imine (C=N–C) groups is 1. The molecular formula is C19H34N4O. The monoisotopic (exact) mass is 334 g/mol. The van der Waals surface area contributed by atoms with E-state index >= 15 is 0 Å². The van der Waals surface area contributed by atoms with Crippen molar-refractivity contribution in [3.8, 4) is 0 Å². The van der Waals surface area contributed by atoms with Crippen molar-refractivity contribution in [2.75, 3.05) is 13.1 Å². The number of aromatic nitrogens is 1. The zero-order chi connectivity index (χ0) is 17.6. The lowest BCUT2D eigenvalue weighted by molar-refractivity contribution is 0.256. The van der Waals surface area contributed by atoms with Gasteiger partial charge in [0.15, 0.2) is 5.96 Å². The van der Waals surface area contributed by atoms with Gasteiger partial charge in [-0.15, -0.1) is 0 Å². The van der Waals surface area contributed by atoms with Crippen LogP contribution in [-0.4, -0.2) is 24.0 Å². The Labute approximate surface area is 146 Å². The SMILES string of the molecule is CCNC(=NCc1ncc(C(C)(C)C)o1)NCC1CCCCC1C. The van der Waals surface area contributed by atoms with E-state index in [9.17, 15) is 0 Å². The molecule has 0 spiro atoms. The van der Waals surface area contributed by atoms with E-state index in [1.54, 1.807) is 0 Å². The molecule has 0 radical (unpaired) electrons. The van der Waals surface area contributed by atoms with Gasteiger partial charge in [-0.25, -0.2) is 9.98 Å². The van der Waals surface area contributed by atoms with Crippen LogP contribution in [0.1, 0.15) is 72.0 Å². The average molecular weight is 335 g/mol. The Morgan fingerprint density at radius 3 is 2.67 bits per heavy atom. The molecule has 2 atom stereocenters. The van der Waals surface area contributed by atoms with Gasteiger partial charge < -0.3 is 15.1 Å². The first-order valence-electron chi connectivity index (χ1n) is 9.37. The fourth-order valence-electron chi connectivity index (χ4n) is 3.14. The summed E-state index contributed by atoms with van der Waals surface area (Å²) in [6, 6.07) is 0. The zero-order valence-corrected chi connectivity index (χ0v) is 16.0. The van der Waals surface area contributed by atoms with Crippen molar-refractivity contribution in [1.29, 1.82) is 0 Å². The first kappa shape index (κ1) is 18.8. The number of rotatable bonds is 5. The van der Waals surface area contributed by atoms with Gasteiger partial charge >= 0.3 is 0 Å². The van der Waals surface area contributed by atoms with E-state index < -0.39 is 0 Å². The summed E-state index contributed by atoms with van der Waals surface area (Å²) in [4.78, 5) is 8.97. The Morgan fingerprint density at radius 1 is 1.29 bits per heavy atom. The van der Waals surface area contributed by atoms with E-state index in [1.165, 1.54) is 25.7 Å². The van der Waals surface area contributed by atoms with Gasteiger partial charge in [0.1, 0.15) is 12.3 Å². The van der Waals surface area contributed by atoms with Crippen molar-refractivity contribution < 1.29 is 4.42 Å². The first-order chi connectivity index (χ1) is 11.4. The molecule has 0 aromatic carbocycles. The minimum Gasteiger partial charge on any atom is -0.443 e. The zero-order valence-electron chi connectivity index (χ0n) is 16.0. The van der Waals surface area contributed by atoms with Gasteiger partial charge in [0.05, 0.1) is 6.20 Å². The van der Waals surface area contributed by atoms with Crippen molar-refractivity contribution in [2.24, 2.45) is 16.8 Å². The molecule has 1 aliphatic rings. The number of oxazole rings is 1. The molecule has 5 heteroatoms. The van der Waals surface area contributed by atoms with Crippen molar-refractivity contribution in [3.05, 3.63) is 17.8 Å². The third-order valence-electron chi connectivity index (χ3n) is 4.83. The van der Waals surface area contributed by atoms with Crippen LogP contribution in [0.15, 0.2) is 15.6 Å². The van der Waals surface area contributed by atoms with Crippen LogP contribution >= 0.6 is 0 Å². The van der Waals surface area contributed by atoms with Gasteiger partial charge in [-0.3, -0.25) is 0 Å². The molecule has 2 rings (SSSR count). The van der Waals surface area contributed by atoms with Crippen molar-refractivity contribution in [1.82, 2.24) is 15.6 Å². The highest BCUT2D eigenvalue weighted by molar-refractivity contribution is 5.79. The van der Waals surface area contributed by atoms with Gasteiger partial charge in [-0.2, -0.15) is 0 Å². The quantitative estimate of drug-likeness (QED) is 0.634. The molecule has 24 heavy (non-hydrogen) atoms. The van der Waals surface area contributed by atoms with Crippen LogP contribution in [0.5, 0.6) is 0 Å². The van der Waals surface area contributed by atoms with E-state index in [1.807, 2.05) is 6.20 Å². The van der Waals surface area contributed by atoms with Crippen LogP contribution in [0.25, 0.3) is 0 Å². The molecule has 0 aliphatic heterocycles. The predicted octanol–water partition coefficient (Wildman–Crippen LogP) is 3.85. The van der Waals surface area contributed by atoms with Crippen LogP contribution in [0, 0.1) is 11.8 Å². The third-order valence-corrected chi connectivity index (χ3v) is 4.83. The second-order valence-electron chi connectivity index (χ2n) is 7.97. The Morgan fingerprint density at radius 2 is 2.04 bits per heavy atom. The fraction of sp³-hybridized carbons (Fsp3) is 0.789. The van der Waals surface area contributed by atoms with Crippen molar-refractivity contribution in [2.45, 2.75) is 72.3 Å². The molecule has 1 aromatic heterocycles. The molecule has 0 amide bonds. The number of hydrogen-bond acceptors (Lipinski definition) is 3. The molecule has 136 valence electrons. The molecular weight excluding hydrogens is 300 g/mol. The van der Waals surface area contributed by atoms with E-state index in [4.69, 9.17) is 4.42 Å². The van der Waals surface area contributed by atoms with E-state index in [0.29, 0.717) is 12.4 Å². The van der Waals surface area contributed by atoms with E-state index in [-0.39, 0.29) is 5.41 Å². The maximum absolute atomic E-state index is 5.81. The summed E-state index contributed by atoms with van der Waals surface area (Å²) in [7, 11) is 0. The lowest BCUT2D eigenvalue weighted by Crippen LogP contribution is -2.41. The summed E-state index contributed by atoms with van der Waals surface area (Å²) < 4.78 is 5.81.